The lowest BCUT2D eigenvalue weighted by molar-refractivity contribution is 0.384. The van der Waals surface area contributed by atoms with Crippen LogP contribution in [0.2, 0.25) is 0 Å². The molecule has 2 heteroatoms. The fourth-order valence-corrected chi connectivity index (χ4v) is 2.90. The van der Waals surface area contributed by atoms with Crippen LogP contribution >= 0.6 is 0 Å². The van der Waals surface area contributed by atoms with Crippen LogP contribution in [0.15, 0.2) is 60.7 Å². The molecule has 2 aromatic carbocycles. The highest BCUT2D eigenvalue weighted by atomic mass is 15.0. The Kier molecular flexibility index (Phi) is 5.75. The van der Waals surface area contributed by atoms with E-state index in [1.165, 1.54) is 0 Å². The van der Waals surface area contributed by atoms with Gasteiger partial charge in [-0.05, 0) is 51.0 Å². The van der Waals surface area contributed by atoms with E-state index < -0.39 is 5.41 Å². The van der Waals surface area contributed by atoms with E-state index in [9.17, 15) is 5.26 Å². The van der Waals surface area contributed by atoms with Gasteiger partial charge >= 0.3 is 0 Å². The Morgan fingerprint density at radius 1 is 0.864 bits per heavy atom. The van der Waals surface area contributed by atoms with Crippen molar-refractivity contribution in [3.05, 3.63) is 71.8 Å². The Morgan fingerprint density at radius 3 is 1.77 bits per heavy atom. The van der Waals surface area contributed by atoms with Crippen LogP contribution in [0.25, 0.3) is 0 Å². The van der Waals surface area contributed by atoms with Gasteiger partial charge in [0.25, 0.3) is 0 Å². The highest BCUT2D eigenvalue weighted by Gasteiger charge is 2.33. The first-order chi connectivity index (χ1) is 10.7. The van der Waals surface area contributed by atoms with Gasteiger partial charge in [-0.25, -0.2) is 0 Å². The molecule has 0 radical (unpaired) electrons. The predicted molar refractivity (Wildman–Crippen MR) is 91.7 cm³/mol. The van der Waals surface area contributed by atoms with Crippen LogP contribution in [0.5, 0.6) is 0 Å². The molecule has 0 bridgehead atoms. The van der Waals surface area contributed by atoms with Crippen LogP contribution in [0.4, 0.5) is 0 Å². The fraction of sp³-hybridized carbons (Fsp3) is 0.350. The number of hydrogen-bond acceptors (Lipinski definition) is 2. The zero-order valence-corrected chi connectivity index (χ0v) is 13.5. The molecule has 0 aliphatic rings. The SMILES string of the molecule is CN(C)CCCCC(C#N)(c1ccccc1)c1ccccc1. The Bertz CT molecular complexity index is 557. The minimum atomic E-state index is -0.547. The van der Waals surface area contributed by atoms with Crippen molar-refractivity contribution in [1.29, 1.82) is 5.26 Å². The molecule has 0 amide bonds. The van der Waals surface area contributed by atoms with Crippen LogP contribution in [0, 0.1) is 11.3 Å². The molecule has 0 N–H and O–H groups in total. The summed E-state index contributed by atoms with van der Waals surface area (Å²) in [7, 11) is 4.18. The maximum Gasteiger partial charge on any atom is 0.107 e. The van der Waals surface area contributed by atoms with Gasteiger partial charge in [0.15, 0.2) is 0 Å². The quantitative estimate of drug-likeness (QED) is 0.714. The summed E-state index contributed by atoms with van der Waals surface area (Å²) in [4.78, 5) is 2.19. The van der Waals surface area contributed by atoms with Crippen molar-refractivity contribution in [3.63, 3.8) is 0 Å². The van der Waals surface area contributed by atoms with E-state index in [2.05, 4.69) is 49.3 Å². The Labute approximate surface area is 134 Å². The third-order valence-electron chi connectivity index (χ3n) is 4.13. The number of hydrogen-bond donors (Lipinski definition) is 0. The molecular weight excluding hydrogens is 268 g/mol. The zero-order chi connectivity index (χ0) is 15.8. The van der Waals surface area contributed by atoms with Crippen molar-refractivity contribution in [2.45, 2.75) is 24.7 Å². The lowest BCUT2D eigenvalue weighted by Crippen LogP contribution is -2.26. The van der Waals surface area contributed by atoms with E-state index in [4.69, 9.17) is 0 Å². The number of rotatable bonds is 7. The van der Waals surface area contributed by atoms with Gasteiger partial charge < -0.3 is 4.90 Å². The molecule has 0 aliphatic heterocycles. The van der Waals surface area contributed by atoms with Crippen molar-refractivity contribution in [3.8, 4) is 6.07 Å². The summed E-state index contributed by atoms with van der Waals surface area (Å²) in [6.07, 6.45) is 3.00. The Morgan fingerprint density at radius 2 is 1.36 bits per heavy atom. The molecule has 0 atom stereocenters. The van der Waals surface area contributed by atoms with Crippen LogP contribution < -0.4 is 0 Å². The first kappa shape index (κ1) is 16.3. The second-order valence-corrected chi connectivity index (χ2v) is 6.01. The van der Waals surface area contributed by atoms with Crippen molar-refractivity contribution in [2.24, 2.45) is 0 Å². The average Bonchev–Trinajstić information content (AvgIpc) is 2.57. The number of nitriles is 1. The number of nitrogens with zero attached hydrogens (tertiary/aromatic N) is 2. The molecule has 2 nitrogen and oxygen atoms in total. The third-order valence-corrected chi connectivity index (χ3v) is 4.13. The maximum atomic E-state index is 10.0. The second kappa shape index (κ2) is 7.77. The summed E-state index contributed by atoms with van der Waals surface area (Å²) in [5.41, 5.74) is 1.64. The van der Waals surface area contributed by atoms with Crippen molar-refractivity contribution >= 4 is 0 Å². The summed E-state index contributed by atoms with van der Waals surface area (Å²) in [5, 5.41) is 10.0. The van der Waals surface area contributed by atoms with Crippen LogP contribution in [-0.4, -0.2) is 25.5 Å². The van der Waals surface area contributed by atoms with Gasteiger partial charge in [0, 0.05) is 0 Å². The summed E-state index contributed by atoms with van der Waals surface area (Å²) in [5.74, 6) is 0. The monoisotopic (exact) mass is 292 g/mol. The summed E-state index contributed by atoms with van der Waals surface area (Å²) in [6.45, 7) is 1.06. The minimum Gasteiger partial charge on any atom is -0.309 e. The zero-order valence-electron chi connectivity index (χ0n) is 13.5. The molecule has 114 valence electrons. The minimum absolute atomic E-state index is 0.547. The van der Waals surface area contributed by atoms with E-state index >= 15 is 0 Å². The van der Waals surface area contributed by atoms with Crippen LogP contribution in [0.3, 0.4) is 0 Å². The first-order valence-electron chi connectivity index (χ1n) is 7.86. The van der Waals surface area contributed by atoms with Gasteiger partial charge in [0.1, 0.15) is 5.41 Å². The van der Waals surface area contributed by atoms with Crippen molar-refractivity contribution in [2.75, 3.05) is 20.6 Å². The van der Waals surface area contributed by atoms with Gasteiger partial charge in [0.05, 0.1) is 6.07 Å². The first-order valence-corrected chi connectivity index (χ1v) is 7.86. The van der Waals surface area contributed by atoms with Crippen molar-refractivity contribution in [1.82, 2.24) is 4.90 Å². The molecule has 2 aromatic rings. The van der Waals surface area contributed by atoms with Gasteiger partial charge in [-0.3, -0.25) is 0 Å². The van der Waals surface area contributed by atoms with Crippen molar-refractivity contribution < 1.29 is 0 Å². The van der Waals surface area contributed by atoms with Gasteiger partial charge in [-0.1, -0.05) is 60.7 Å². The van der Waals surface area contributed by atoms with Gasteiger partial charge in [-0.2, -0.15) is 5.26 Å². The van der Waals surface area contributed by atoms with E-state index in [1.54, 1.807) is 0 Å². The lowest BCUT2D eigenvalue weighted by atomic mass is 9.72. The molecule has 0 saturated carbocycles. The Balaban J connectivity index is 2.30. The summed E-state index contributed by atoms with van der Waals surface area (Å²) < 4.78 is 0. The topological polar surface area (TPSA) is 27.0 Å². The second-order valence-electron chi connectivity index (χ2n) is 6.01. The van der Waals surface area contributed by atoms with Crippen LogP contribution in [-0.2, 0) is 5.41 Å². The molecule has 0 aliphatic carbocycles. The van der Waals surface area contributed by atoms with Gasteiger partial charge in [0.2, 0.25) is 0 Å². The molecule has 2 rings (SSSR count). The normalized spacial score (nSPS) is 11.4. The molecule has 0 spiro atoms. The summed E-state index contributed by atoms with van der Waals surface area (Å²) in [6, 6.07) is 23.0. The molecule has 0 heterocycles. The maximum absolute atomic E-state index is 10.0. The molecule has 22 heavy (non-hydrogen) atoms. The molecular formula is C20H24N2. The third kappa shape index (κ3) is 3.75. The molecule has 0 fully saturated rings. The Hall–Kier alpha value is -2.11. The number of unbranched alkanes of at least 4 members (excludes halogenated alkanes) is 1. The molecule has 0 aromatic heterocycles. The van der Waals surface area contributed by atoms with Gasteiger partial charge in [-0.15, -0.1) is 0 Å². The number of benzene rings is 2. The lowest BCUT2D eigenvalue weighted by Gasteiger charge is -2.28. The molecule has 0 unspecified atom stereocenters. The fourth-order valence-electron chi connectivity index (χ4n) is 2.90. The summed E-state index contributed by atoms with van der Waals surface area (Å²) >= 11 is 0. The smallest absolute Gasteiger partial charge is 0.107 e. The largest absolute Gasteiger partial charge is 0.309 e. The standard InChI is InChI=1S/C20H24N2/c1-22(2)16-10-9-15-20(17-21,18-11-5-3-6-12-18)19-13-7-4-8-14-19/h3-8,11-14H,9-10,15-16H2,1-2H3. The molecule has 0 saturated heterocycles. The van der Waals surface area contributed by atoms with E-state index in [1.807, 2.05) is 36.4 Å². The van der Waals surface area contributed by atoms with E-state index in [0.717, 1.165) is 36.9 Å². The van der Waals surface area contributed by atoms with Crippen LogP contribution in [0.1, 0.15) is 30.4 Å². The average molecular weight is 292 g/mol. The van der Waals surface area contributed by atoms with E-state index in [0.29, 0.717) is 0 Å². The predicted octanol–water partition coefficient (Wildman–Crippen LogP) is 4.23. The highest BCUT2D eigenvalue weighted by Crippen LogP contribution is 2.36. The van der Waals surface area contributed by atoms with E-state index in [-0.39, 0.29) is 0 Å². The highest BCUT2D eigenvalue weighted by molar-refractivity contribution is 5.45.